The molecule has 0 atom stereocenters. The van der Waals surface area contributed by atoms with Gasteiger partial charge in [-0.1, -0.05) is 0 Å². The molecule has 5 rings (SSSR count). The van der Waals surface area contributed by atoms with E-state index in [4.69, 9.17) is 0 Å². The van der Waals surface area contributed by atoms with Gasteiger partial charge in [0.25, 0.3) is 5.91 Å². The topological polar surface area (TPSA) is 47.1 Å². The van der Waals surface area contributed by atoms with Crippen LogP contribution in [0.2, 0.25) is 0 Å². The number of benzene rings is 2. The van der Waals surface area contributed by atoms with Crippen LogP contribution in [0.15, 0.2) is 42.5 Å². The van der Waals surface area contributed by atoms with Gasteiger partial charge in [-0.2, -0.15) is 0 Å². The zero-order valence-electron chi connectivity index (χ0n) is 20.3. The lowest BCUT2D eigenvalue weighted by atomic mass is 9.74. The number of urea groups is 1. The predicted octanol–water partition coefficient (Wildman–Crippen LogP) is 4.10. The largest absolute Gasteiger partial charge is 0.339 e. The summed E-state index contributed by atoms with van der Waals surface area (Å²) < 4.78 is 27.4. The first kappa shape index (κ1) is 23.7. The Morgan fingerprint density at radius 3 is 2.17 bits per heavy atom. The van der Waals surface area contributed by atoms with Crippen molar-refractivity contribution < 1.29 is 18.4 Å². The van der Waals surface area contributed by atoms with E-state index < -0.39 is 0 Å². The maximum absolute atomic E-state index is 14.2. The first-order valence-corrected chi connectivity index (χ1v) is 12.4. The van der Waals surface area contributed by atoms with Gasteiger partial charge in [-0.3, -0.25) is 9.69 Å². The van der Waals surface area contributed by atoms with Crippen molar-refractivity contribution in [2.75, 3.05) is 51.7 Å². The van der Waals surface area contributed by atoms with E-state index in [0.717, 1.165) is 50.0 Å². The molecule has 2 fully saturated rings. The second-order valence-electron chi connectivity index (χ2n) is 10.3. The molecular weight excluding hydrogens is 450 g/mol. The fourth-order valence-electron chi connectivity index (χ4n) is 6.01. The third-order valence-corrected chi connectivity index (χ3v) is 8.01. The Labute approximate surface area is 205 Å². The van der Waals surface area contributed by atoms with Gasteiger partial charge in [0.2, 0.25) is 0 Å². The van der Waals surface area contributed by atoms with Crippen molar-refractivity contribution in [3.05, 3.63) is 65.2 Å². The molecule has 6 nitrogen and oxygen atoms in total. The summed E-state index contributed by atoms with van der Waals surface area (Å²) in [6.07, 6.45) is 3.54. The highest BCUT2D eigenvalue weighted by molar-refractivity contribution is 5.95. The zero-order chi connectivity index (χ0) is 24.7. The van der Waals surface area contributed by atoms with E-state index in [2.05, 4.69) is 4.90 Å². The summed E-state index contributed by atoms with van der Waals surface area (Å²) in [6, 6.07) is 10.8. The summed E-state index contributed by atoms with van der Waals surface area (Å²) in [5, 5.41) is 0. The normalized spacial score (nSPS) is 20.2. The molecule has 0 saturated carbocycles. The van der Waals surface area contributed by atoms with Gasteiger partial charge in [-0.05, 0) is 86.8 Å². The van der Waals surface area contributed by atoms with Crippen molar-refractivity contribution in [1.29, 1.82) is 0 Å². The van der Waals surface area contributed by atoms with Crippen LogP contribution in [0.4, 0.5) is 19.3 Å². The predicted molar refractivity (Wildman–Crippen MR) is 131 cm³/mol. The minimum atomic E-state index is -0.343. The van der Waals surface area contributed by atoms with Gasteiger partial charge in [0, 0.05) is 56.4 Å². The van der Waals surface area contributed by atoms with Crippen LogP contribution in [0.25, 0.3) is 0 Å². The van der Waals surface area contributed by atoms with Crippen LogP contribution in [0, 0.1) is 11.6 Å². The van der Waals surface area contributed by atoms with Crippen molar-refractivity contribution in [3.63, 3.8) is 0 Å². The second-order valence-corrected chi connectivity index (χ2v) is 10.3. The van der Waals surface area contributed by atoms with Gasteiger partial charge in [0.15, 0.2) is 0 Å². The van der Waals surface area contributed by atoms with Gasteiger partial charge in [-0.25, -0.2) is 13.6 Å². The van der Waals surface area contributed by atoms with Crippen LogP contribution >= 0.6 is 0 Å². The number of fused-ring (bicyclic) bond motifs is 2. The van der Waals surface area contributed by atoms with Crippen LogP contribution in [0.5, 0.6) is 0 Å². The second kappa shape index (κ2) is 9.22. The molecule has 2 aromatic carbocycles. The lowest BCUT2D eigenvalue weighted by molar-refractivity contribution is 0.0531. The van der Waals surface area contributed by atoms with Crippen molar-refractivity contribution in [1.82, 2.24) is 14.7 Å². The van der Waals surface area contributed by atoms with Crippen molar-refractivity contribution in [2.24, 2.45) is 0 Å². The minimum absolute atomic E-state index is 0.0451. The van der Waals surface area contributed by atoms with E-state index in [1.165, 1.54) is 18.2 Å². The number of halogens is 2. The summed E-state index contributed by atoms with van der Waals surface area (Å²) in [7, 11) is 3.48. The molecule has 3 aliphatic rings. The van der Waals surface area contributed by atoms with E-state index in [1.54, 1.807) is 48.2 Å². The van der Waals surface area contributed by atoms with Crippen LogP contribution in [0.3, 0.4) is 0 Å². The number of anilines is 1. The average molecular weight is 483 g/mol. The molecule has 0 bridgehead atoms. The Hall–Kier alpha value is -3.00. The van der Waals surface area contributed by atoms with Crippen LogP contribution in [-0.2, 0) is 5.41 Å². The standard InChI is InChI=1S/C27H32F2N4O2/c1-30(2)26(35)33-18-27(23-17-21(29)7-8-24(23)33)11-15-31(16-12-27)22-9-13-32(14-10-22)25(34)19-3-5-20(28)6-4-19/h3-8,17,22H,9-16,18H2,1-2H3. The fraction of sp³-hybridized carbons (Fsp3) is 0.481. The lowest BCUT2D eigenvalue weighted by Crippen LogP contribution is -2.52. The van der Waals surface area contributed by atoms with Crippen LogP contribution in [-0.4, -0.2) is 79.5 Å². The third kappa shape index (κ3) is 4.40. The minimum Gasteiger partial charge on any atom is -0.339 e. The first-order valence-electron chi connectivity index (χ1n) is 12.4. The quantitative estimate of drug-likeness (QED) is 0.648. The Morgan fingerprint density at radius 1 is 0.914 bits per heavy atom. The monoisotopic (exact) mass is 482 g/mol. The lowest BCUT2D eigenvalue weighted by Gasteiger charge is -2.45. The molecule has 3 aliphatic heterocycles. The number of rotatable bonds is 2. The molecule has 0 unspecified atom stereocenters. The molecule has 2 aromatic rings. The molecule has 3 amide bonds. The third-order valence-electron chi connectivity index (χ3n) is 8.01. The molecule has 186 valence electrons. The number of hydrogen-bond donors (Lipinski definition) is 0. The summed E-state index contributed by atoms with van der Waals surface area (Å²) in [5.41, 5.74) is 2.07. The first-order chi connectivity index (χ1) is 16.8. The molecular formula is C27H32F2N4O2. The van der Waals surface area contributed by atoms with Crippen molar-refractivity contribution in [2.45, 2.75) is 37.1 Å². The zero-order valence-corrected chi connectivity index (χ0v) is 20.3. The number of piperidine rings is 2. The number of carbonyl (C=O) groups excluding carboxylic acids is 2. The number of likely N-dealkylation sites (tertiary alicyclic amines) is 2. The maximum Gasteiger partial charge on any atom is 0.323 e. The molecule has 3 heterocycles. The molecule has 0 N–H and O–H groups in total. The van der Waals surface area contributed by atoms with Crippen molar-refractivity contribution in [3.8, 4) is 0 Å². The molecule has 35 heavy (non-hydrogen) atoms. The highest BCUT2D eigenvalue weighted by Crippen LogP contribution is 2.48. The summed E-state index contributed by atoms with van der Waals surface area (Å²) in [4.78, 5) is 33.3. The molecule has 0 radical (unpaired) electrons. The van der Waals surface area contributed by atoms with Gasteiger partial charge in [0.1, 0.15) is 11.6 Å². The smallest absolute Gasteiger partial charge is 0.323 e. The van der Waals surface area contributed by atoms with E-state index >= 15 is 0 Å². The molecule has 2 saturated heterocycles. The highest BCUT2D eigenvalue weighted by atomic mass is 19.1. The molecule has 8 heteroatoms. The van der Waals surface area contributed by atoms with Crippen molar-refractivity contribution >= 4 is 17.6 Å². The average Bonchev–Trinajstić information content (AvgIpc) is 3.17. The fourth-order valence-corrected chi connectivity index (χ4v) is 6.01. The Balaban J connectivity index is 1.22. The Morgan fingerprint density at radius 2 is 1.54 bits per heavy atom. The molecule has 0 aliphatic carbocycles. The van der Waals surface area contributed by atoms with Gasteiger partial charge >= 0.3 is 6.03 Å². The SMILES string of the molecule is CN(C)C(=O)N1CC2(CCN(C3CCN(C(=O)c4ccc(F)cc4)CC3)CC2)c2cc(F)ccc21. The number of nitrogens with zero attached hydrogens (tertiary/aromatic N) is 4. The molecule has 1 spiro atoms. The molecule has 0 aromatic heterocycles. The van der Waals surface area contributed by atoms with Gasteiger partial charge in [0.05, 0.1) is 0 Å². The van der Waals surface area contributed by atoms with Crippen LogP contribution < -0.4 is 4.90 Å². The highest BCUT2D eigenvalue weighted by Gasteiger charge is 2.47. The summed E-state index contributed by atoms with van der Waals surface area (Å²) >= 11 is 0. The number of carbonyl (C=O) groups is 2. The van der Waals surface area contributed by atoms with E-state index in [9.17, 15) is 18.4 Å². The Bertz CT molecular complexity index is 1100. The number of hydrogen-bond acceptors (Lipinski definition) is 3. The van der Waals surface area contributed by atoms with Gasteiger partial charge in [-0.15, -0.1) is 0 Å². The van der Waals surface area contributed by atoms with E-state index in [0.29, 0.717) is 31.2 Å². The van der Waals surface area contributed by atoms with E-state index in [1.807, 2.05) is 4.90 Å². The Kier molecular flexibility index (Phi) is 6.25. The van der Waals surface area contributed by atoms with Gasteiger partial charge < -0.3 is 14.7 Å². The van der Waals surface area contributed by atoms with E-state index in [-0.39, 0.29) is 29.0 Å². The maximum atomic E-state index is 14.2. The van der Waals surface area contributed by atoms with Crippen LogP contribution in [0.1, 0.15) is 41.6 Å². The number of amides is 3. The summed E-state index contributed by atoms with van der Waals surface area (Å²) in [5.74, 6) is -0.649. The summed E-state index contributed by atoms with van der Waals surface area (Å²) in [6.45, 7) is 3.72.